The van der Waals surface area contributed by atoms with Crippen LogP contribution in [0.15, 0.2) is 18.5 Å². The van der Waals surface area contributed by atoms with Gasteiger partial charge in [-0.3, -0.25) is 4.79 Å². The maximum absolute atomic E-state index is 11.9. The van der Waals surface area contributed by atoms with Crippen molar-refractivity contribution in [3.05, 3.63) is 18.5 Å². The second kappa shape index (κ2) is 5.35. The molecule has 0 radical (unpaired) electrons. The first-order valence-corrected chi connectivity index (χ1v) is 6.70. The molecule has 0 saturated heterocycles. The van der Waals surface area contributed by atoms with Gasteiger partial charge in [0.15, 0.2) is 0 Å². The minimum atomic E-state index is -0.460. The Balaban J connectivity index is 1.73. The van der Waals surface area contributed by atoms with Crippen LogP contribution < -0.4 is 16.4 Å². The Morgan fingerprint density at radius 3 is 2.90 bits per heavy atom. The van der Waals surface area contributed by atoms with Crippen LogP contribution in [0.3, 0.4) is 0 Å². The number of nitrogens with one attached hydrogen (secondary N) is 2. The lowest BCUT2D eigenvalue weighted by Crippen LogP contribution is -2.39. The molecular formula is C12H16N8O. The number of aromatic nitrogens is 5. The van der Waals surface area contributed by atoms with Gasteiger partial charge in [-0.25, -0.2) is 4.68 Å². The second-order valence-electron chi connectivity index (χ2n) is 4.92. The Hall–Kier alpha value is -2.71. The standard InChI is InChI=1S/C12H16N8O/c1-7(9(21)16-8-3-4-8)15-11-17-10(13)18-12(19-11)20-6-2-5-14-20/h2,5-8H,3-4H2,1H3,(H,16,21)(H3,13,15,17,18,19). The number of rotatable bonds is 5. The Morgan fingerprint density at radius 1 is 1.43 bits per heavy atom. The van der Waals surface area contributed by atoms with Crippen LogP contribution in [0.1, 0.15) is 19.8 Å². The number of nitrogen functional groups attached to an aromatic ring is 1. The molecule has 1 atom stereocenters. The van der Waals surface area contributed by atoms with E-state index in [9.17, 15) is 4.79 Å². The summed E-state index contributed by atoms with van der Waals surface area (Å²) in [5.74, 6) is 0.515. The minimum Gasteiger partial charge on any atom is -0.368 e. The highest BCUT2D eigenvalue weighted by molar-refractivity contribution is 5.84. The van der Waals surface area contributed by atoms with E-state index in [1.807, 2.05) is 0 Å². The zero-order valence-electron chi connectivity index (χ0n) is 11.5. The third-order valence-electron chi connectivity index (χ3n) is 3.01. The van der Waals surface area contributed by atoms with E-state index in [2.05, 4.69) is 30.7 Å². The number of nitrogens with zero attached hydrogens (tertiary/aromatic N) is 5. The molecule has 2 heterocycles. The molecule has 1 fully saturated rings. The molecule has 9 heteroatoms. The third kappa shape index (κ3) is 3.25. The molecule has 1 aliphatic rings. The molecule has 1 saturated carbocycles. The predicted octanol–water partition coefficient (Wildman–Crippen LogP) is -0.282. The number of anilines is 2. The third-order valence-corrected chi connectivity index (χ3v) is 3.01. The van der Waals surface area contributed by atoms with Crippen molar-refractivity contribution < 1.29 is 4.79 Å². The summed E-state index contributed by atoms with van der Waals surface area (Å²) in [6, 6.07) is 1.60. The minimum absolute atomic E-state index is 0.0628. The first-order valence-electron chi connectivity index (χ1n) is 6.70. The highest BCUT2D eigenvalue weighted by atomic mass is 16.2. The Labute approximate surface area is 121 Å². The van der Waals surface area contributed by atoms with E-state index in [0.717, 1.165) is 12.8 Å². The molecule has 4 N–H and O–H groups in total. The van der Waals surface area contributed by atoms with Crippen molar-refractivity contribution in [1.29, 1.82) is 0 Å². The summed E-state index contributed by atoms with van der Waals surface area (Å²) < 4.78 is 1.47. The lowest BCUT2D eigenvalue weighted by molar-refractivity contribution is -0.121. The SMILES string of the molecule is CC(Nc1nc(N)nc(-n2cccn2)n1)C(=O)NC1CC1. The van der Waals surface area contributed by atoms with Crippen molar-refractivity contribution in [2.24, 2.45) is 0 Å². The van der Waals surface area contributed by atoms with Crippen LogP contribution in [0.5, 0.6) is 0 Å². The maximum Gasteiger partial charge on any atom is 0.257 e. The van der Waals surface area contributed by atoms with Crippen molar-refractivity contribution in [2.45, 2.75) is 31.8 Å². The number of hydrogen-bond acceptors (Lipinski definition) is 7. The van der Waals surface area contributed by atoms with Gasteiger partial charge in [-0.05, 0) is 25.8 Å². The van der Waals surface area contributed by atoms with Gasteiger partial charge in [0.2, 0.25) is 17.8 Å². The van der Waals surface area contributed by atoms with Gasteiger partial charge in [-0.15, -0.1) is 0 Å². The van der Waals surface area contributed by atoms with Gasteiger partial charge in [-0.1, -0.05) is 0 Å². The quantitative estimate of drug-likeness (QED) is 0.691. The maximum atomic E-state index is 11.9. The fraction of sp³-hybridized carbons (Fsp3) is 0.417. The molecule has 3 rings (SSSR count). The average molecular weight is 288 g/mol. The molecule has 1 amide bonds. The van der Waals surface area contributed by atoms with Gasteiger partial charge in [0, 0.05) is 18.4 Å². The topological polar surface area (TPSA) is 124 Å². The van der Waals surface area contributed by atoms with Gasteiger partial charge in [0.05, 0.1) is 0 Å². The number of carbonyl (C=O) groups is 1. The number of hydrogen-bond donors (Lipinski definition) is 3. The van der Waals surface area contributed by atoms with Crippen molar-refractivity contribution in [2.75, 3.05) is 11.1 Å². The van der Waals surface area contributed by atoms with Gasteiger partial charge in [0.25, 0.3) is 5.95 Å². The summed E-state index contributed by atoms with van der Waals surface area (Å²) >= 11 is 0. The van der Waals surface area contributed by atoms with E-state index in [0.29, 0.717) is 12.0 Å². The zero-order valence-corrected chi connectivity index (χ0v) is 11.5. The first-order chi connectivity index (χ1) is 10.1. The van der Waals surface area contributed by atoms with Crippen LogP contribution in [0.4, 0.5) is 11.9 Å². The van der Waals surface area contributed by atoms with Gasteiger partial charge >= 0.3 is 0 Å². The summed E-state index contributed by atoms with van der Waals surface area (Å²) in [7, 11) is 0. The Bertz CT molecular complexity index is 637. The molecule has 2 aromatic rings. The molecule has 0 spiro atoms. The van der Waals surface area contributed by atoms with Gasteiger partial charge in [0.1, 0.15) is 6.04 Å². The number of amides is 1. The summed E-state index contributed by atoms with van der Waals surface area (Å²) in [4.78, 5) is 24.1. The van der Waals surface area contributed by atoms with Gasteiger partial charge < -0.3 is 16.4 Å². The van der Waals surface area contributed by atoms with E-state index < -0.39 is 6.04 Å². The van der Waals surface area contributed by atoms with Crippen LogP contribution >= 0.6 is 0 Å². The lowest BCUT2D eigenvalue weighted by atomic mass is 10.3. The fourth-order valence-corrected chi connectivity index (χ4v) is 1.75. The Morgan fingerprint density at radius 2 is 2.24 bits per heavy atom. The number of nitrogens with two attached hydrogens (primary N) is 1. The lowest BCUT2D eigenvalue weighted by Gasteiger charge is -2.14. The van der Waals surface area contributed by atoms with E-state index >= 15 is 0 Å². The normalized spacial score (nSPS) is 15.5. The zero-order chi connectivity index (χ0) is 14.8. The molecule has 0 aromatic carbocycles. The van der Waals surface area contributed by atoms with E-state index in [4.69, 9.17) is 5.73 Å². The molecule has 9 nitrogen and oxygen atoms in total. The van der Waals surface area contributed by atoms with Crippen molar-refractivity contribution >= 4 is 17.8 Å². The highest BCUT2D eigenvalue weighted by Crippen LogP contribution is 2.18. The van der Waals surface area contributed by atoms with Crippen LogP contribution in [0.25, 0.3) is 5.95 Å². The molecule has 0 aliphatic heterocycles. The monoisotopic (exact) mass is 288 g/mol. The fourth-order valence-electron chi connectivity index (χ4n) is 1.75. The smallest absolute Gasteiger partial charge is 0.257 e. The first kappa shape index (κ1) is 13.3. The summed E-state index contributed by atoms with van der Waals surface area (Å²) in [6.07, 6.45) is 5.39. The average Bonchev–Trinajstić information content (AvgIpc) is 3.08. The molecule has 1 unspecified atom stereocenters. The highest BCUT2D eigenvalue weighted by Gasteiger charge is 2.26. The van der Waals surface area contributed by atoms with Crippen LogP contribution in [-0.4, -0.2) is 42.7 Å². The van der Waals surface area contributed by atoms with E-state index in [1.54, 1.807) is 25.4 Å². The largest absolute Gasteiger partial charge is 0.368 e. The van der Waals surface area contributed by atoms with Crippen molar-refractivity contribution in [3.63, 3.8) is 0 Å². The van der Waals surface area contributed by atoms with E-state index in [-0.39, 0.29) is 17.8 Å². The van der Waals surface area contributed by atoms with E-state index in [1.165, 1.54) is 4.68 Å². The second-order valence-corrected chi connectivity index (χ2v) is 4.92. The summed E-state index contributed by atoms with van der Waals surface area (Å²) in [6.45, 7) is 1.74. The Kier molecular flexibility index (Phi) is 3.38. The molecule has 21 heavy (non-hydrogen) atoms. The molecule has 2 aromatic heterocycles. The summed E-state index contributed by atoms with van der Waals surface area (Å²) in [5, 5.41) is 9.86. The number of carbonyl (C=O) groups excluding carboxylic acids is 1. The molecule has 1 aliphatic carbocycles. The van der Waals surface area contributed by atoms with Crippen molar-refractivity contribution in [1.82, 2.24) is 30.0 Å². The van der Waals surface area contributed by atoms with Crippen LogP contribution in [0.2, 0.25) is 0 Å². The van der Waals surface area contributed by atoms with Crippen LogP contribution in [0, 0.1) is 0 Å². The molecule has 110 valence electrons. The van der Waals surface area contributed by atoms with Gasteiger partial charge in [-0.2, -0.15) is 20.1 Å². The summed E-state index contributed by atoms with van der Waals surface area (Å²) in [5.41, 5.74) is 5.66. The molecular weight excluding hydrogens is 272 g/mol. The van der Waals surface area contributed by atoms with Crippen molar-refractivity contribution in [3.8, 4) is 5.95 Å². The molecule has 0 bridgehead atoms. The van der Waals surface area contributed by atoms with Crippen LogP contribution in [-0.2, 0) is 4.79 Å². The predicted molar refractivity (Wildman–Crippen MR) is 75.6 cm³/mol.